The van der Waals surface area contributed by atoms with E-state index in [1.165, 1.54) is 0 Å². The van der Waals surface area contributed by atoms with E-state index in [-0.39, 0.29) is 16.8 Å². The fourth-order valence-electron chi connectivity index (χ4n) is 1.84. The Kier molecular flexibility index (Phi) is 4.29. The van der Waals surface area contributed by atoms with Crippen LogP contribution in [0.3, 0.4) is 0 Å². The molecule has 3 nitrogen and oxygen atoms in total. The van der Waals surface area contributed by atoms with E-state index < -0.39 is 0 Å². The SMILES string of the molecule is Cc1ccc(C(C)Nc2ccc(C(N)=S)nc2)cc1F. The van der Waals surface area contributed by atoms with Crippen molar-refractivity contribution in [3.63, 3.8) is 0 Å². The molecule has 0 bridgehead atoms. The number of nitrogens with zero attached hydrogens (tertiary/aromatic N) is 1. The largest absolute Gasteiger partial charge is 0.388 e. The average molecular weight is 289 g/mol. The van der Waals surface area contributed by atoms with Crippen LogP contribution >= 0.6 is 12.2 Å². The van der Waals surface area contributed by atoms with Gasteiger partial charge < -0.3 is 11.1 Å². The Morgan fingerprint density at radius 2 is 2.10 bits per heavy atom. The standard InChI is InChI=1S/C15H16FN3S/c1-9-3-4-11(7-13(9)16)10(2)19-12-5-6-14(15(17)20)18-8-12/h3-8,10,19H,1-2H3,(H2,17,20). The second kappa shape index (κ2) is 5.96. The molecule has 3 N–H and O–H groups in total. The zero-order valence-electron chi connectivity index (χ0n) is 11.4. The van der Waals surface area contributed by atoms with E-state index in [0.29, 0.717) is 11.3 Å². The van der Waals surface area contributed by atoms with Crippen molar-refractivity contribution in [3.05, 3.63) is 59.2 Å². The van der Waals surface area contributed by atoms with Crippen LogP contribution in [-0.4, -0.2) is 9.97 Å². The Morgan fingerprint density at radius 3 is 2.65 bits per heavy atom. The number of pyridine rings is 1. The Balaban J connectivity index is 2.12. The highest BCUT2D eigenvalue weighted by Gasteiger charge is 2.08. The van der Waals surface area contributed by atoms with Crippen LogP contribution in [0.15, 0.2) is 36.5 Å². The summed E-state index contributed by atoms with van der Waals surface area (Å²) in [5, 5.41) is 3.26. The quantitative estimate of drug-likeness (QED) is 0.848. The number of hydrogen-bond donors (Lipinski definition) is 2. The van der Waals surface area contributed by atoms with Gasteiger partial charge in [-0.1, -0.05) is 24.4 Å². The van der Waals surface area contributed by atoms with Crippen molar-refractivity contribution in [1.82, 2.24) is 4.98 Å². The van der Waals surface area contributed by atoms with Gasteiger partial charge in [-0.05, 0) is 43.2 Å². The topological polar surface area (TPSA) is 50.9 Å². The third-order valence-electron chi connectivity index (χ3n) is 3.09. The lowest BCUT2D eigenvalue weighted by Crippen LogP contribution is -2.12. The fourth-order valence-corrected chi connectivity index (χ4v) is 1.96. The van der Waals surface area contributed by atoms with Crippen LogP contribution in [0.2, 0.25) is 0 Å². The molecule has 5 heteroatoms. The lowest BCUT2D eigenvalue weighted by Gasteiger charge is -2.16. The first-order valence-corrected chi connectivity index (χ1v) is 6.66. The molecular weight excluding hydrogens is 273 g/mol. The minimum Gasteiger partial charge on any atom is -0.388 e. The first-order valence-electron chi connectivity index (χ1n) is 6.26. The molecule has 0 radical (unpaired) electrons. The van der Waals surface area contributed by atoms with Gasteiger partial charge in [0.1, 0.15) is 10.8 Å². The third kappa shape index (κ3) is 3.30. The number of thiocarbonyl (C=S) groups is 1. The lowest BCUT2D eigenvalue weighted by atomic mass is 10.1. The molecule has 1 heterocycles. The highest BCUT2D eigenvalue weighted by atomic mass is 32.1. The summed E-state index contributed by atoms with van der Waals surface area (Å²) >= 11 is 4.85. The summed E-state index contributed by atoms with van der Waals surface area (Å²) in [7, 11) is 0. The van der Waals surface area contributed by atoms with Gasteiger partial charge in [-0.25, -0.2) is 4.39 Å². The number of aromatic nitrogens is 1. The van der Waals surface area contributed by atoms with Gasteiger partial charge >= 0.3 is 0 Å². The third-order valence-corrected chi connectivity index (χ3v) is 3.30. The summed E-state index contributed by atoms with van der Waals surface area (Å²) < 4.78 is 13.6. The molecule has 20 heavy (non-hydrogen) atoms. The van der Waals surface area contributed by atoms with Crippen LogP contribution in [0.4, 0.5) is 10.1 Å². The second-order valence-electron chi connectivity index (χ2n) is 4.67. The second-order valence-corrected chi connectivity index (χ2v) is 5.11. The Morgan fingerprint density at radius 1 is 1.35 bits per heavy atom. The minimum absolute atomic E-state index is 0.0254. The monoisotopic (exact) mass is 289 g/mol. The summed E-state index contributed by atoms with van der Waals surface area (Å²) in [6.45, 7) is 3.71. The molecule has 0 aliphatic heterocycles. The van der Waals surface area contributed by atoms with Crippen LogP contribution in [0, 0.1) is 12.7 Å². The van der Waals surface area contributed by atoms with Gasteiger partial charge in [0.15, 0.2) is 0 Å². The van der Waals surface area contributed by atoms with E-state index in [1.54, 1.807) is 31.3 Å². The van der Waals surface area contributed by atoms with Crippen molar-refractivity contribution in [2.24, 2.45) is 5.73 Å². The van der Waals surface area contributed by atoms with Gasteiger partial charge in [0, 0.05) is 6.04 Å². The zero-order chi connectivity index (χ0) is 14.7. The molecule has 0 spiro atoms. The molecule has 0 aliphatic carbocycles. The molecule has 1 aromatic heterocycles. The van der Waals surface area contributed by atoms with E-state index in [4.69, 9.17) is 18.0 Å². The number of nitrogens with two attached hydrogens (primary N) is 1. The molecule has 0 aliphatic rings. The maximum atomic E-state index is 13.6. The van der Waals surface area contributed by atoms with Gasteiger partial charge in [0.25, 0.3) is 0 Å². The molecule has 104 valence electrons. The van der Waals surface area contributed by atoms with Crippen LogP contribution in [0.25, 0.3) is 0 Å². The van der Waals surface area contributed by atoms with Gasteiger partial charge in [-0.2, -0.15) is 0 Å². The van der Waals surface area contributed by atoms with Crippen molar-refractivity contribution in [1.29, 1.82) is 0 Å². The summed E-state index contributed by atoms with van der Waals surface area (Å²) in [6.07, 6.45) is 1.66. The molecule has 0 saturated carbocycles. The maximum absolute atomic E-state index is 13.6. The molecule has 0 saturated heterocycles. The number of hydrogen-bond acceptors (Lipinski definition) is 3. The van der Waals surface area contributed by atoms with E-state index in [2.05, 4.69) is 10.3 Å². The van der Waals surface area contributed by atoms with Crippen molar-refractivity contribution in [3.8, 4) is 0 Å². The van der Waals surface area contributed by atoms with E-state index in [9.17, 15) is 4.39 Å². The summed E-state index contributed by atoms with van der Waals surface area (Å²) in [6, 6.07) is 8.81. The Bertz CT molecular complexity index is 626. The highest BCUT2D eigenvalue weighted by molar-refractivity contribution is 7.80. The van der Waals surface area contributed by atoms with Gasteiger partial charge in [0.05, 0.1) is 17.6 Å². The number of halogens is 1. The summed E-state index contributed by atoms with van der Waals surface area (Å²) in [4.78, 5) is 4.42. The lowest BCUT2D eigenvalue weighted by molar-refractivity contribution is 0.614. The van der Waals surface area contributed by atoms with E-state index in [1.807, 2.05) is 19.1 Å². The normalized spacial score (nSPS) is 11.9. The molecule has 1 unspecified atom stereocenters. The maximum Gasteiger partial charge on any atom is 0.126 e. The molecule has 2 rings (SSSR count). The van der Waals surface area contributed by atoms with Crippen molar-refractivity contribution in [2.45, 2.75) is 19.9 Å². The number of aryl methyl sites for hydroxylation is 1. The van der Waals surface area contributed by atoms with Gasteiger partial charge in [-0.3, -0.25) is 4.98 Å². The first-order chi connectivity index (χ1) is 9.47. The van der Waals surface area contributed by atoms with Crippen molar-refractivity contribution >= 4 is 22.9 Å². The number of rotatable bonds is 4. The van der Waals surface area contributed by atoms with Crippen LogP contribution in [0.5, 0.6) is 0 Å². The van der Waals surface area contributed by atoms with Crippen LogP contribution < -0.4 is 11.1 Å². The van der Waals surface area contributed by atoms with Crippen LogP contribution in [-0.2, 0) is 0 Å². The number of nitrogens with one attached hydrogen (secondary N) is 1. The number of benzene rings is 1. The van der Waals surface area contributed by atoms with Gasteiger partial charge in [0.2, 0.25) is 0 Å². The average Bonchev–Trinajstić information content (AvgIpc) is 2.42. The molecule has 0 amide bonds. The van der Waals surface area contributed by atoms with Crippen molar-refractivity contribution in [2.75, 3.05) is 5.32 Å². The summed E-state index contributed by atoms with van der Waals surface area (Å²) in [5.41, 5.74) is 8.43. The molecular formula is C15H16FN3S. The zero-order valence-corrected chi connectivity index (χ0v) is 12.2. The Hall–Kier alpha value is -2.01. The predicted octanol–water partition coefficient (Wildman–Crippen LogP) is 3.34. The predicted molar refractivity (Wildman–Crippen MR) is 83.3 cm³/mol. The summed E-state index contributed by atoms with van der Waals surface area (Å²) in [5.74, 6) is -0.196. The fraction of sp³-hybridized carbons (Fsp3) is 0.200. The van der Waals surface area contributed by atoms with Crippen molar-refractivity contribution < 1.29 is 4.39 Å². The van der Waals surface area contributed by atoms with E-state index >= 15 is 0 Å². The molecule has 0 fully saturated rings. The minimum atomic E-state index is -0.196. The number of anilines is 1. The Labute approximate surface area is 123 Å². The smallest absolute Gasteiger partial charge is 0.126 e. The molecule has 1 aromatic carbocycles. The molecule has 2 aromatic rings. The first kappa shape index (κ1) is 14.4. The van der Waals surface area contributed by atoms with Crippen LogP contribution in [0.1, 0.15) is 29.8 Å². The van der Waals surface area contributed by atoms with E-state index in [0.717, 1.165) is 11.3 Å². The van der Waals surface area contributed by atoms with Gasteiger partial charge in [-0.15, -0.1) is 0 Å². The molecule has 1 atom stereocenters. The highest BCUT2D eigenvalue weighted by Crippen LogP contribution is 2.20.